The number of fused-ring (bicyclic) bond motifs is 1. The van der Waals surface area contributed by atoms with E-state index in [1.165, 1.54) is 10.4 Å². The number of hydrogen-bond acceptors (Lipinski definition) is 7. The molecule has 0 spiro atoms. The molecule has 1 saturated heterocycles. The second-order valence-electron chi connectivity index (χ2n) is 11.4. The Labute approximate surface area is 268 Å². The standard InChI is InChI=1S/C32H41N7O6S/c1-38(2)26-10-5-9-24-23(26)8-6-12-28(24)46(44,45)39-19-7-11-27(39)30(41)37-25(31(42)43)20-21-14-16-22(17-15-21)36-29(40)13-3-4-18-35-32(33)34/h5-6,8-10,12,14-17,25,27H,3-4,7,11,13,18-20H2,1-2H3,(H,36,40)(H,37,41)(H,42,43)(H4,33,34,35)/t25-,27?/m0/s1. The minimum Gasteiger partial charge on any atom is -0.480 e. The zero-order valence-corrected chi connectivity index (χ0v) is 26.8. The molecule has 1 fully saturated rings. The summed E-state index contributed by atoms with van der Waals surface area (Å²) in [5, 5.41) is 26.4. The van der Waals surface area contributed by atoms with Gasteiger partial charge in [0.15, 0.2) is 5.96 Å². The number of benzene rings is 3. The van der Waals surface area contributed by atoms with Crippen LogP contribution in [0.1, 0.15) is 37.7 Å². The molecule has 0 saturated carbocycles. The number of sulfonamides is 1. The van der Waals surface area contributed by atoms with E-state index in [1.807, 2.05) is 31.1 Å². The van der Waals surface area contributed by atoms with Crippen molar-refractivity contribution < 1.29 is 27.9 Å². The molecule has 7 N–H and O–H groups in total. The first-order chi connectivity index (χ1) is 21.9. The van der Waals surface area contributed by atoms with Crippen molar-refractivity contribution in [3.63, 3.8) is 0 Å². The number of nitrogens with zero attached hydrogens (tertiary/aromatic N) is 2. The van der Waals surface area contributed by atoms with Gasteiger partial charge in [-0.1, -0.05) is 36.4 Å². The molecule has 1 aliphatic heterocycles. The Kier molecular flexibility index (Phi) is 11.2. The predicted molar refractivity (Wildman–Crippen MR) is 177 cm³/mol. The summed E-state index contributed by atoms with van der Waals surface area (Å²) in [7, 11) is -0.332. The van der Waals surface area contributed by atoms with Crippen LogP contribution in [0, 0.1) is 5.41 Å². The molecule has 1 aliphatic rings. The summed E-state index contributed by atoms with van der Waals surface area (Å²) in [5.74, 6) is -2.20. The van der Waals surface area contributed by atoms with Gasteiger partial charge in [-0.2, -0.15) is 4.31 Å². The molecule has 1 heterocycles. The number of nitrogens with one attached hydrogen (secondary N) is 4. The summed E-state index contributed by atoms with van der Waals surface area (Å²) in [6.07, 6.45) is 2.29. The van der Waals surface area contributed by atoms with Gasteiger partial charge in [0.05, 0.1) is 4.90 Å². The first-order valence-corrected chi connectivity index (χ1v) is 16.5. The molecule has 0 aliphatic carbocycles. The van der Waals surface area contributed by atoms with E-state index < -0.39 is 34.0 Å². The van der Waals surface area contributed by atoms with Crippen molar-refractivity contribution in [3.8, 4) is 0 Å². The summed E-state index contributed by atoms with van der Waals surface area (Å²) in [5.41, 5.74) is 7.25. The Morgan fingerprint density at radius 2 is 1.74 bits per heavy atom. The summed E-state index contributed by atoms with van der Waals surface area (Å²) in [4.78, 5) is 39.8. The number of carbonyl (C=O) groups excluding carboxylic acids is 2. The molecular formula is C32H41N7O6S. The highest BCUT2D eigenvalue weighted by atomic mass is 32.2. The van der Waals surface area contributed by atoms with Crippen molar-refractivity contribution in [2.24, 2.45) is 5.73 Å². The molecule has 2 atom stereocenters. The third-order valence-corrected chi connectivity index (χ3v) is 9.84. The molecule has 1 unspecified atom stereocenters. The monoisotopic (exact) mass is 651 g/mol. The molecule has 246 valence electrons. The van der Waals surface area contributed by atoms with Crippen LogP contribution in [0.15, 0.2) is 65.6 Å². The molecule has 46 heavy (non-hydrogen) atoms. The Morgan fingerprint density at radius 1 is 1.04 bits per heavy atom. The van der Waals surface area contributed by atoms with Gasteiger partial charge < -0.3 is 31.7 Å². The van der Waals surface area contributed by atoms with Gasteiger partial charge in [-0.25, -0.2) is 13.2 Å². The first-order valence-electron chi connectivity index (χ1n) is 15.1. The van der Waals surface area contributed by atoms with Gasteiger partial charge in [0.1, 0.15) is 12.1 Å². The smallest absolute Gasteiger partial charge is 0.326 e. The molecule has 3 aromatic rings. The van der Waals surface area contributed by atoms with Crippen molar-refractivity contribution in [1.29, 1.82) is 5.41 Å². The van der Waals surface area contributed by atoms with Gasteiger partial charge in [0.25, 0.3) is 0 Å². The molecule has 0 bridgehead atoms. The lowest BCUT2D eigenvalue weighted by Gasteiger charge is -2.26. The quantitative estimate of drug-likeness (QED) is 0.0861. The number of guanidine groups is 1. The average molecular weight is 652 g/mol. The average Bonchev–Trinajstić information content (AvgIpc) is 3.52. The number of rotatable bonds is 14. The van der Waals surface area contributed by atoms with Gasteiger partial charge in [0, 0.05) is 62.2 Å². The molecule has 3 aromatic carbocycles. The van der Waals surface area contributed by atoms with E-state index in [9.17, 15) is 27.9 Å². The van der Waals surface area contributed by atoms with E-state index in [0.29, 0.717) is 48.9 Å². The van der Waals surface area contributed by atoms with E-state index in [1.54, 1.807) is 42.5 Å². The van der Waals surface area contributed by atoms with E-state index in [4.69, 9.17) is 11.1 Å². The molecule has 14 heteroatoms. The van der Waals surface area contributed by atoms with Crippen LogP contribution in [0.4, 0.5) is 11.4 Å². The van der Waals surface area contributed by atoms with Crippen LogP contribution in [-0.2, 0) is 30.8 Å². The maximum atomic E-state index is 13.9. The number of carboxylic acid groups (broad SMARTS) is 1. The van der Waals surface area contributed by atoms with E-state index in [-0.39, 0.29) is 36.1 Å². The van der Waals surface area contributed by atoms with Crippen molar-refractivity contribution in [2.45, 2.75) is 55.5 Å². The lowest BCUT2D eigenvalue weighted by Crippen LogP contribution is -2.51. The minimum absolute atomic E-state index is 0.0332. The number of amides is 2. The molecule has 13 nitrogen and oxygen atoms in total. The highest BCUT2D eigenvalue weighted by Crippen LogP contribution is 2.34. The van der Waals surface area contributed by atoms with Crippen LogP contribution < -0.4 is 26.6 Å². The highest BCUT2D eigenvalue weighted by molar-refractivity contribution is 7.89. The van der Waals surface area contributed by atoms with Crippen LogP contribution in [0.2, 0.25) is 0 Å². The van der Waals surface area contributed by atoms with Crippen LogP contribution in [0.3, 0.4) is 0 Å². The maximum Gasteiger partial charge on any atom is 0.326 e. The van der Waals surface area contributed by atoms with Gasteiger partial charge in [0.2, 0.25) is 21.8 Å². The number of carboxylic acids is 1. The third-order valence-electron chi connectivity index (χ3n) is 7.87. The minimum atomic E-state index is -4.09. The summed E-state index contributed by atoms with van der Waals surface area (Å²) in [6, 6.07) is 14.8. The highest BCUT2D eigenvalue weighted by Gasteiger charge is 2.41. The number of hydrogen-bond donors (Lipinski definition) is 6. The molecule has 4 rings (SSSR count). The number of aliphatic carboxylic acids is 1. The van der Waals surface area contributed by atoms with Crippen LogP contribution >= 0.6 is 0 Å². The second kappa shape index (κ2) is 15.1. The Balaban J connectivity index is 1.40. The lowest BCUT2D eigenvalue weighted by molar-refractivity contribution is -0.142. The normalized spacial score (nSPS) is 15.7. The maximum absolute atomic E-state index is 13.9. The fraction of sp³-hybridized carbons (Fsp3) is 0.375. The molecule has 0 aromatic heterocycles. The van der Waals surface area contributed by atoms with Crippen molar-refractivity contribution in [2.75, 3.05) is 37.4 Å². The number of unbranched alkanes of at least 4 members (excludes halogenated alkanes) is 1. The van der Waals surface area contributed by atoms with Crippen LogP contribution in [-0.4, -0.2) is 80.8 Å². The summed E-state index contributed by atoms with van der Waals surface area (Å²) >= 11 is 0. The summed E-state index contributed by atoms with van der Waals surface area (Å²) < 4.78 is 29.1. The first kappa shape index (κ1) is 34.2. The van der Waals surface area contributed by atoms with Crippen molar-refractivity contribution in [1.82, 2.24) is 14.9 Å². The van der Waals surface area contributed by atoms with Gasteiger partial charge in [-0.15, -0.1) is 0 Å². The van der Waals surface area contributed by atoms with E-state index in [0.717, 1.165) is 11.1 Å². The largest absolute Gasteiger partial charge is 0.480 e. The van der Waals surface area contributed by atoms with E-state index in [2.05, 4.69) is 16.0 Å². The Hall–Kier alpha value is -4.69. The zero-order valence-electron chi connectivity index (χ0n) is 26.0. The number of nitrogens with two attached hydrogens (primary N) is 1. The zero-order chi connectivity index (χ0) is 33.4. The lowest BCUT2D eigenvalue weighted by atomic mass is 10.0. The van der Waals surface area contributed by atoms with Crippen molar-refractivity contribution >= 4 is 55.9 Å². The Morgan fingerprint density at radius 3 is 2.41 bits per heavy atom. The summed E-state index contributed by atoms with van der Waals surface area (Å²) in [6.45, 7) is 0.652. The fourth-order valence-corrected chi connectivity index (χ4v) is 7.45. The number of anilines is 2. The number of carbonyl (C=O) groups is 3. The van der Waals surface area contributed by atoms with Crippen molar-refractivity contribution in [3.05, 3.63) is 66.2 Å². The fourth-order valence-electron chi connectivity index (χ4n) is 5.58. The third kappa shape index (κ3) is 8.31. The predicted octanol–water partition coefficient (Wildman–Crippen LogP) is 2.46. The molecule has 0 radical (unpaired) electrons. The Bertz CT molecular complexity index is 1690. The second-order valence-corrected chi connectivity index (χ2v) is 13.3. The van der Waals surface area contributed by atoms with E-state index >= 15 is 0 Å². The molecule has 2 amide bonds. The van der Waals surface area contributed by atoms with Crippen LogP contribution in [0.25, 0.3) is 10.8 Å². The topological polar surface area (TPSA) is 198 Å². The molecular weight excluding hydrogens is 610 g/mol. The van der Waals surface area contributed by atoms with Gasteiger partial charge >= 0.3 is 5.97 Å². The SMILES string of the molecule is CN(C)c1cccc2c(S(=O)(=O)N3CCCC3C(=O)N[C@@H](Cc3ccc(NC(=O)CCCCNC(=N)N)cc3)C(=O)O)cccc12. The van der Waals surface area contributed by atoms with Gasteiger partial charge in [-0.3, -0.25) is 15.0 Å². The van der Waals surface area contributed by atoms with Gasteiger partial charge in [-0.05, 0) is 55.5 Å². The van der Waals surface area contributed by atoms with Crippen LogP contribution in [0.5, 0.6) is 0 Å².